The van der Waals surface area contributed by atoms with E-state index >= 15 is 0 Å². The number of benzene rings is 2. The molecule has 2 rings (SSSR count). The quantitative estimate of drug-likeness (QED) is 0.878. The predicted molar refractivity (Wildman–Crippen MR) is 78.7 cm³/mol. The number of nitrogens with one attached hydrogen (secondary N) is 1. The standard InChI is InChI=1S/C17H18F3NO/c1-10(12-3-6-14(18)7-4-12)21-11(2)17(22)13-5-8-15(19)16(20)9-13/h3-11,17,21-22H,1-2H3. The summed E-state index contributed by atoms with van der Waals surface area (Å²) >= 11 is 0. The van der Waals surface area contributed by atoms with Gasteiger partial charge < -0.3 is 10.4 Å². The fourth-order valence-corrected chi connectivity index (χ4v) is 2.32. The Bertz CT molecular complexity index is 630. The van der Waals surface area contributed by atoms with Crippen molar-refractivity contribution in [2.45, 2.75) is 32.0 Å². The van der Waals surface area contributed by atoms with E-state index in [2.05, 4.69) is 5.32 Å². The first kappa shape index (κ1) is 16.5. The molecule has 0 aliphatic carbocycles. The maximum Gasteiger partial charge on any atom is 0.159 e. The second-order valence-electron chi connectivity index (χ2n) is 5.35. The molecule has 3 unspecified atom stereocenters. The normalized spacial score (nSPS) is 15.4. The summed E-state index contributed by atoms with van der Waals surface area (Å²) < 4.78 is 39.1. The highest BCUT2D eigenvalue weighted by Crippen LogP contribution is 2.22. The van der Waals surface area contributed by atoms with Gasteiger partial charge in [0.05, 0.1) is 6.10 Å². The Balaban J connectivity index is 2.05. The molecule has 2 nitrogen and oxygen atoms in total. The van der Waals surface area contributed by atoms with Gasteiger partial charge in [-0.05, 0) is 49.2 Å². The Morgan fingerprint density at radius 3 is 2.05 bits per heavy atom. The fourth-order valence-electron chi connectivity index (χ4n) is 2.32. The van der Waals surface area contributed by atoms with Crippen molar-refractivity contribution in [1.29, 1.82) is 0 Å². The van der Waals surface area contributed by atoms with Crippen molar-refractivity contribution in [2.24, 2.45) is 0 Å². The number of rotatable bonds is 5. The van der Waals surface area contributed by atoms with E-state index in [0.717, 1.165) is 17.7 Å². The lowest BCUT2D eigenvalue weighted by Crippen LogP contribution is -2.34. The SMILES string of the molecule is CC(NC(C)C(O)c1ccc(F)c(F)c1)c1ccc(F)cc1. The molecule has 0 saturated carbocycles. The third-order valence-corrected chi connectivity index (χ3v) is 3.64. The summed E-state index contributed by atoms with van der Waals surface area (Å²) in [5.74, 6) is -2.25. The van der Waals surface area contributed by atoms with Crippen LogP contribution in [0.25, 0.3) is 0 Å². The van der Waals surface area contributed by atoms with E-state index in [0.29, 0.717) is 5.56 Å². The predicted octanol–water partition coefficient (Wildman–Crippen LogP) is 3.88. The maximum atomic E-state index is 13.2. The molecule has 3 atom stereocenters. The highest BCUT2D eigenvalue weighted by atomic mass is 19.2. The Hall–Kier alpha value is -1.85. The van der Waals surface area contributed by atoms with Crippen molar-refractivity contribution in [2.75, 3.05) is 0 Å². The van der Waals surface area contributed by atoms with Crippen LogP contribution in [0.3, 0.4) is 0 Å². The monoisotopic (exact) mass is 309 g/mol. The van der Waals surface area contributed by atoms with Gasteiger partial charge in [-0.1, -0.05) is 18.2 Å². The zero-order valence-electron chi connectivity index (χ0n) is 12.4. The number of halogens is 3. The first-order chi connectivity index (χ1) is 10.4. The van der Waals surface area contributed by atoms with Crippen LogP contribution in [0.5, 0.6) is 0 Å². The highest BCUT2D eigenvalue weighted by Gasteiger charge is 2.20. The minimum Gasteiger partial charge on any atom is -0.387 e. The van der Waals surface area contributed by atoms with E-state index in [9.17, 15) is 18.3 Å². The molecular formula is C17H18F3NO. The van der Waals surface area contributed by atoms with Crippen LogP contribution >= 0.6 is 0 Å². The summed E-state index contributed by atoms with van der Waals surface area (Å²) in [5.41, 5.74) is 1.16. The van der Waals surface area contributed by atoms with Crippen LogP contribution in [0.15, 0.2) is 42.5 Å². The van der Waals surface area contributed by atoms with Crippen molar-refractivity contribution < 1.29 is 18.3 Å². The largest absolute Gasteiger partial charge is 0.387 e. The summed E-state index contributed by atoms with van der Waals surface area (Å²) in [4.78, 5) is 0. The van der Waals surface area contributed by atoms with Gasteiger partial charge in [0.15, 0.2) is 11.6 Å². The molecule has 2 aromatic rings. The van der Waals surface area contributed by atoms with Crippen LogP contribution in [-0.2, 0) is 0 Å². The average molecular weight is 309 g/mol. The van der Waals surface area contributed by atoms with Crippen LogP contribution in [-0.4, -0.2) is 11.1 Å². The topological polar surface area (TPSA) is 32.3 Å². The second kappa shape index (κ2) is 6.94. The van der Waals surface area contributed by atoms with Gasteiger partial charge in [-0.3, -0.25) is 0 Å². The second-order valence-corrected chi connectivity index (χ2v) is 5.35. The molecular weight excluding hydrogens is 291 g/mol. The minimum atomic E-state index is -0.990. The smallest absolute Gasteiger partial charge is 0.159 e. The lowest BCUT2D eigenvalue weighted by molar-refractivity contribution is 0.130. The molecule has 2 N–H and O–H groups in total. The first-order valence-electron chi connectivity index (χ1n) is 7.03. The summed E-state index contributed by atoms with van der Waals surface area (Å²) in [7, 11) is 0. The molecule has 0 amide bonds. The van der Waals surface area contributed by atoms with Gasteiger partial charge in [-0.15, -0.1) is 0 Å². The van der Waals surface area contributed by atoms with Crippen LogP contribution in [0, 0.1) is 17.5 Å². The summed E-state index contributed by atoms with van der Waals surface area (Å²) in [5, 5.41) is 13.4. The fraction of sp³-hybridized carbons (Fsp3) is 0.294. The van der Waals surface area contributed by atoms with Gasteiger partial charge >= 0.3 is 0 Å². The third kappa shape index (κ3) is 3.87. The third-order valence-electron chi connectivity index (χ3n) is 3.64. The summed E-state index contributed by atoms with van der Waals surface area (Å²) in [6.07, 6.45) is -0.988. The molecule has 2 aromatic carbocycles. The molecule has 0 heterocycles. The van der Waals surface area contributed by atoms with E-state index in [1.165, 1.54) is 18.2 Å². The Morgan fingerprint density at radius 1 is 0.864 bits per heavy atom. The number of aliphatic hydroxyl groups excluding tert-OH is 1. The van der Waals surface area contributed by atoms with Crippen molar-refractivity contribution >= 4 is 0 Å². The average Bonchev–Trinajstić information content (AvgIpc) is 2.49. The van der Waals surface area contributed by atoms with Crippen LogP contribution in [0.1, 0.15) is 37.1 Å². The van der Waals surface area contributed by atoms with E-state index in [1.54, 1.807) is 19.1 Å². The highest BCUT2D eigenvalue weighted by molar-refractivity contribution is 5.22. The van der Waals surface area contributed by atoms with Crippen LogP contribution in [0.2, 0.25) is 0 Å². The Kier molecular flexibility index (Phi) is 5.21. The van der Waals surface area contributed by atoms with E-state index < -0.39 is 23.8 Å². The van der Waals surface area contributed by atoms with Crippen molar-refractivity contribution in [1.82, 2.24) is 5.32 Å². The van der Waals surface area contributed by atoms with Crippen molar-refractivity contribution in [3.8, 4) is 0 Å². The van der Waals surface area contributed by atoms with Crippen LogP contribution < -0.4 is 5.32 Å². The van der Waals surface area contributed by atoms with Gasteiger partial charge in [0.1, 0.15) is 5.82 Å². The number of hydrogen-bond donors (Lipinski definition) is 2. The molecule has 118 valence electrons. The minimum absolute atomic E-state index is 0.129. The molecule has 5 heteroatoms. The lowest BCUT2D eigenvalue weighted by atomic mass is 10.0. The molecule has 0 bridgehead atoms. The lowest BCUT2D eigenvalue weighted by Gasteiger charge is -2.25. The van der Waals surface area contributed by atoms with E-state index in [1.807, 2.05) is 6.92 Å². The number of hydrogen-bond acceptors (Lipinski definition) is 2. The zero-order chi connectivity index (χ0) is 16.3. The van der Waals surface area contributed by atoms with Gasteiger partial charge in [0.25, 0.3) is 0 Å². The zero-order valence-corrected chi connectivity index (χ0v) is 12.4. The maximum absolute atomic E-state index is 13.2. The molecule has 22 heavy (non-hydrogen) atoms. The molecule has 0 spiro atoms. The molecule has 0 aliphatic rings. The molecule has 0 saturated heterocycles. The number of aliphatic hydroxyl groups is 1. The molecule has 0 aromatic heterocycles. The first-order valence-corrected chi connectivity index (χ1v) is 7.03. The Labute approximate surface area is 127 Å². The van der Waals surface area contributed by atoms with E-state index in [-0.39, 0.29) is 11.9 Å². The van der Waals surface area contributed by atoms with Gasteiger partial charge in [0.2, 0.25) is 0 Å². The summed E-state index contributed by atoms with van der Waals surface area (Å²) in [6, 6.07) is 8.84. The van der Waals surface area contributed by atoms with Crippen LogP contribution in [0.4, 0.5) is 13.2 Å². The Morgan fingerprint density at radius 2 is 1.45 bits per heavy atom. The van der Waals surface area contributed by atoms with Gasteiger partial charge in [0, 0.05) is 12.1 Å². The summed E-state index contributed by atoms with van der Waals surface area (Å²) in [6.45, 7) is 3.62. The van der Waals surface area contributed by atoms with Crippen molar-refractivity contribution in [3.63, 3.8) is 0 Å². The van der Waals surface area contributed by atoms with Gasteiger partial charge in [-0.2, -0.15) is 0 Å². The molecule has 0 aliphatic heterocycles. The molecule has 0 radical (unpaired) electrons. The van der Waals surface area contributed by atoms with Gasteiger partial charge in [-0.25, -0.2) is 13.2 Å². The van der Waals surface area contributed by atoms with Crippen molar-refractivity contribution in [3.05, 3.63) is 71.0 Å². The molecule has 0 fully saturated rings. The van der Waals surface area contributed by atoms with E-state index in [4.69, 9.17) is 0 Å².